The van der Waals surface area contributed by atoms with Crippen molar-refractivity contribution in [3.05, 3.63) is 0 Å². The fraction of sp³-hybridized carbons (Fsp3) is 1.00. The molecular weight excluding hydrogens is 146 g/mol. The van der Waals surface area contributed by atoms with Crippen LogP contribution in [0.4, 0.5) is 0 Å². The molecule has 2 fully saturated rings. The van der Waals surface area contributed by atoms with Gasteiger partial charge in [-0.1, -0.05) is 33.6 Å². The van der Waals surface area contributed by atoms with Gasteiger partial charge in [0.15, 0.2) is 0 Å². The van der Waals surface area contributed by atoms with Gasteiger partial charge in [-0.3, -0.25) is 0 Å². The van der Waals surface area contributed by atoms with Crippen molar-refractivity contribution in [2.45, 2.75) is 52.5 Å². The van der Waals surface area contributed by atoms with Crippen LogP contribution in [0.15, 0.2) is 0 Å². The smallest absolute Gasteiger partial charge is 0.00984 e. The van der Waals surface area contributed by atoms with Crippen molar-refractivity contribution in [1.29, 1.82) is 0 Å². The summed E-state index contributed by atoms with van der Waals surface area (Å²) in [4.78, 5) is 0. The Morgan fingerprint density at radius 2 is 1.75 bits per heavy atom. The number of hydrogen-bond donors (Lipinski definition) is 1. The molecule has 1 saturated heterocycles. The summed E-state index contributed by atoms with van der Waals surface area (Å²) in [6.45, 7) is 7.66. The predicted octanol–water partition coefficient (Wildman–Crippen LogP) is 2.81. The zero-order valence-electron chi connectivity index (χ0n) is 8.77. The highest BCUT2D eigenvalue weighted by molar-refractivity contribution is 4.90. The largest absolute Gasteiger partial charge is 0.313 e. The Kier molecular flexibility index (Phi) is 4.07. The molecule has 1 N–H and O–H groups in total. The van der Waals surface area contributed by atoms with E-state index < -0.39 is 0 Å². The topological polar surface area (TPSA) is 12.0 Å². The normalized spacial score (nSPS) is 39.8. The van der Waals surface area contributed by atoms with E-state index in [9.17, 15) is 0 Å². The first kappa shape index (κ1) is 10.0. The fourth-order valence-electron chi connectivity index (χ4n) is 2.58. The first-order chi connectivity index (χ1) is 5.88. The zero-order chi connectivity index (χ0) is 8.97. The lowest BCUT2D eigenvalue weighted by molar-refractivity contribution is 0.285. The van der Waals surface area contributed by atoms with E-state index in [1.54, 1.807) is 0 Å². The van der Waals surface area contributed by atoms with Crippen molar-refractivity contribution >= 4 is 0 Å². The van der Waals surface area contributed by atoms with Gasteiger partial charge < -0.3 is 5.32 Å². The molecule has 2 rings (SSSR count). The molecule has 3 atom stereocenters. The lowest BCUT2D eigenvalue weighted by atomic mass is 9.81. The van der Waals surface area contributed by atoms with E-state index in [1.807, 2.05) is 13.8 Å². The van der Waals surface area contributed by atoms with Gasteiger partial charge >= 0.3 is 0 Å². The standard InChI is InChI=1S/C9H17N.C2H6/c1-7-6-10-9-5-3-2-4-8(7)9;1-2/h7-10H,2-6H2,1H3;1-2H3. The monoisotopic (exact) mass is 169 g/mol. The van der Waals surface area contributed by atoms with Crippen LogP contribution < -0.4 is 5.32 Å². The maximum atomic E-state index is 3.61. The molecule has 12 heavy (non-hydrogen) atoms. The van der Waals surface area contributed by atoms with Gasteiger partial charge in [-0.25, -0.2) is 0 Å². The molecule has 0 bridgehead atoms. The molecule has 0 radical (unpaired) electrons. The molecule has 0 spiro atoms. The zero-order valence-corrected chi connectivity index (χ0v) is 8.77. The first-order valence-electron chi connectivity index (χ1n) is 5.61. The van der Waals surface area contributed by atoms with Crippen LogP contribution in [0.5, 0.6) is 0 Å². The summed E-state index contributed by atoms with van der Waals surface area (Å²) in [6.07, 6.45) is 5.86. The second kappa shape index (κ2) is 4.86. The van der Waals surface area contributed by atoms with Gasteiger partial charge in [0.25, 0.3) is 0 Å². The summed E-state index contributed by atoms with van der Waals surface area (Å²) >= 11 is 0. The second-order valence-electron chi connectivity index (χ2n) is 3.94. The van der Waals surface area contributed by atoms with Gasteiger partial charge in [-0.15, -0.1) is 0 Å². The Hall–Kier alpha value is -0.0400. The van der Waals surface area contributed by atoms with Gasteiger partial charge in [0, 0.05) is 6.04 Å². The van der Waals surface area contributed by atoms with Crippen molar-refractivity contribution in [3.63, 3.8) is 0 Å². The van der Waals surface area contributed by atoms with Crippen LogP contribution in [0.2, 0.25) is 0 Å². The Morgan fingerprint density at radius 3 is 2.42 bits per heavy atom. The van der Waals surface area contributed by atoms with Crippen molar-refractivity contribution in [2.24, 2.45) is 11.8 Å². The van der Waals surface area contributed by atoms with E-state index in [2.05, 4.69) is 12.2 Å². The minimum atomic E-state index is 0.892. The SMILES string of the molecule is CC.CC1CNC2CCCCC12. The van der Waals surface area contributed by atoms with Crippen molar-refractivity contribution in [2.75, 3.05) is 6.54 Å². The molecule has 3 unspecified atom stereocenters. The van der Waals surface area contributed by atoms with Crippen LogP contribution in [0, 0.1) is 11.8 Å². The van der Waals surface area contributed by atoms with Crippen LogP contribution in [0.25, 0.3) is 0 Å². The van der Waals surface area contributed by atoms with E-state index in [0.29, 0.717) is 0 Å². The minimum Gasteiger partial charge on any atom is -0.313 e. The van der Waals surface area contributed by atoms with Crippen LogP contribution in [0.1, 0.15) is 46.5 Å². The molecule has 1 heterocycles. The molecule has 2 aliphatic rings. The Bertz CT molecular complexity index is 120. The Balaban J connectivity index is 0.000000336. The maximum absolute atomic E-state index is 3.61. The third-order valence-corrected chi connectivity index (χ3v) is 3.25. The lowest BCUT2D eigenvalue weighted by Gasteiger charge is -2.26. The van der Waals surface area contributed by atoms with Gasteiger partial charge in [0.2, 0.25) is 0 Å². The molecule has 0 aromatic carbocycles. The van der Waals surface area contributed by atoms with E-state index in [4.69, 9.17) is 0 Å². The lowest BCUT2D eigenvalue weighted by Crippen LogP contribution is -2.29. The van der Waals surface area contributed by atoms with Crippen LogP contribution in [-0.2, 0) is 0 Å². The molecule has 1 nitrogen and oxygen atoms in total. The van der Waals surface area contributed by atoms with Crippen molar-refractivity contribution in [1.82, 2.24) is 5.32 Å². The molecule has 1 heteroatoms. The number of nitrogens with one attached hydrogen (secondary N) is 1. The summed E-state index contributed by atoms with van der Waals surface area (Å²) in [5.74, 6) is 1.97. The molecule has 1 saturated carbocycles. The summed E-state index contributed by atoms with van der Waals surface area (Å²) in [6, 6.07) is 0.892. The third kappa shape index (κ3) is 2.01. The number of hydrogen-bond acceptors (Lipinski definition) is 1. The third-order valence-electron chi connectivity index (χ3n) is 3.25. The predicted molar refractivity (Wildman–Crippen MR) is 54.3 cm³/mol. The molecule has 72 valence electrons. The molecule has 1 aliphatic heterocycles. The van der Waals surface area contributed by atoms with E-state index >= 15 is 0 Å². The summed E-state index contributed by atoms with van der Waals surface area (Å²) in [7, 11) is 0. The fourth-order valence-corrected chi connectivity index (χ4v) is 2.58. The summed E-state index contributed by atoms with van der Waals surface area (Å²) in [5.41, 5.74) is 0. The number of fused-ring (bicyclic) bond motifs is 1. The van der Waals surface area contributed by atoms with Gasteiger partial charge in [-0.2, -0.15) is 0 Å². The summed E-state index contributed by atoms with van der Waals surface area (Å²) in [5, 5.41) is 3.61. The highest BCUT2D eigenvalue weighted by Crippen LogP contribution is 2.33. The molecule has 0 aromatic heterocycles. The second-order valence-corrected chi connectivity index (χ2v) is 3.94. The van der Waals surface area contributed by atoms with Crippen LogP contribution in [0.3, 0.4) is 0 Å². The van der Waals surface area contributed by atoms with Gasteiger partial charge in [0.05, 0.1) is 0 Å². The highest BCUT2D eigenvalue weighted by Gasteiger charge is 2.34. The molecule has 0 aromatic rings. The van der Waals surface area contributed by atoms with E-state index in [0.717, 1.165) is 17.9 Å². The first-order valence-corrected chi connectivity index (χ1v) is 5.61. The van der Waals surface area contributed by atoms with E-state index in [1.165, 1.54) is 32.2 Å². The highest BCUT2D eigenvalue weighted by atomic mass is 15.0. The van der Waals surface area contributed by atoms with Crippen molar-refractivity contribution in [3.8, 4) is 0 Å². The van der Waals surface area contributed by atoms with Gasteiger partial charge in [-0.05, 0) is 31.2 Å². The average Bonchev–Trinajstić information content (AvgIpc) is 2.53. The Morgan fingerprint density at radius 1 is 1.08 bits per heavy atom. The van der Waals surface area contributed by atoms with Crippen LogP contribution >= 0.6 is 0 Å². The van der Waals surface area contributed by atoms with Crippen LogP contribution in [-0.4, -0.2) is 12.6 Å². The number of rotatable bonds is 0. The molecule has 0 amide bonds. The average molecular weight is 169 g/mol. The molecule has 1 aliphatic carbocycles. The van der Waals surface area contributed by atoms with Crippen molar-refractivity contribution < 1.29 is 0 Å². The minimum absolute atomic E-state index is 0.892. The Labute approximate surface area is 76.9 Å². The van der Waals surface area contributed by atoms with Gasteiger partial charge in [0.1, 0.15) is 0 Å². The summed E-state index contributed by atoms with van der Waals surface area (Å²) < 4.78 is 0. The van der Waals surface area contributed by atoms with E-state index in [-0.39, 0.29) is 0 Å². The quantitative estimate of drug-likeness (QED) is 0.588. The molecular formula is C11H23N. The maximum Gasteiger partial charge on any atom is 0.00984 e.